The van der Waals surface area contributed by atoms with E-state index in [1.807, 2.05) is 0 Å². The van der Waals surface area contributed by atoms with Crippen LogP contribution < -0.4 is 0 Å². The van der Waals surface area contributed by atoms with Gasteiger partial charge in [-0.15, -0.1) is 0 Å². The smallest absolute Gasteiger partial charge is 0.311 e. The minimum atomic E-state index is -0.603. The number of carbonyl (C=O) groups is 2. The van der Waals surface area contributed by atoms with Crippen molar-refractivity contribution in [3.63, 3.8) is 0 Å². The molecule has 0 aromatic rings. The first-order valence-corrected chi connectivity index (χ1v) is 4.52. The molecule has 1 atom stereocenters. The van der Waals surface area contributed by atoms with Crippen LogP contribution in [-0.4, -0.2) is 36.9 Å². The summed E-state index contributed by atoms with van der Waals surface area (Å²) in [6, 6.07) is 0. The maximum Gasteiger partial charge on any atom is 0.311 e. The predicted octanol–water partition coefficient (Wildman–Crippen LogP) is 0.111. The molecule has 0 spiro atoms. The van der Waals surface area contributed by atoms with Crippen molar-refractivity contribution < 1.29 is 24.2 Å². The van der Waals surface area contributed by atoms with Crippen molar-refractivity contribution in [1.82, 2.24) is 0 Å². The van der Waals surface area contributed by atoms with Crippen molar-refractivity contribution in [3.05, 3.63) is 0 Å². The zero-order valence-corrected chi connectivity index (χ0v) is 8.49. The molecule has 0 radical (unpaired) electrons. The molecule has 0 aliphatic heterocycles. The summed E-state index contributed by atoms with van der Waals surface area (Å²) in [4.78, 5) is 21.5. The standard InChI is InChI=1S/C9H16O5/c1-3-13-9(12)8(6-10)4-5-14-7(2)11/h8,10H,3-6H2,1-2H3. The largest absolute Gasteiger partial charge is 0.466 e. The van der Waals surface area contributed by atoms with Crippen LogP contribution in [0.5, 0.6) is 0 Å². The fraction of sp³-hybridized carbons (Fsp3) is 0.778. The molecule has 1 N–H and O–H groups in total. The second kappa shape index (κ2) is 7.32. The van der Waals surface area contributed by atoms with Crippen molar-refractivity contribution in [3.8, 4) is 0 Å². The highest BCUT2D eigenvalue weighted by molar-refractivity contribution is 5.72. The van der Waals surface area contributed by atoms with Crippen LogP contribution >= 0.6 is 0 Å². The monoisotopic (exact) mass is 204 g/mol. The van der Waals surface area contributed by atoms with Crippen molar-refractivity contribution in [2.75, 3.05) is 19.8 Å². The molecule has 82 valence electrons. The van der Waals surface area contributed by atoms with Gasteiger partial charge >= 0.3 is 11.9 Å². The molecule has 0 heterocycles. The summed E-state index contributed by atoms with van der Waals surface area (Å²) in [5, 5.41) is 8.85. The molecule has 14 heavy (non-hydrogen) atoms. The fourth-order valence-corrected chi connectivity index (χ4v) is 0.889. The van der Waals surface area contributed by atoms with Gasteiger partial charge < -0.3 is 14.6 Å². The van der Waals surface area contributed by atoms with Crippen molar-refractivity contribution in [1.29, 1.82) is 0 Å². The summed E-state index contributed by atoms with van der Waals surface area (Å²) in [6.45, 7) is 3.10. The summed E-state index contributed by atoms with van der Waals surface area (Å²) >= 11 is 0. The predicted molar refractivity (Wildman–Crippen MR) is 48.5 cm³/mol. The molecule has 0 saturated heterocycles. The summed E-state index contributed by atoms with van der Waals surface area (Å²) in [5.74, 6) is -1.46. The second-order valence-corrected chi connectivity index (χ2v) is 2.76. The van der Waals surface area contributed by atoms with E-state index in [0.717, 1.165) is 0 Å². The Morgan fingerprint density at radius 3 is 2.43 bits per heavy atom. The number of hydrogen-bond donors (Lipinski definition) is 1. The van der Waals surface area contributed by atoms with Gasteiger partial charge in [0.25, 0.3) is 0 Å². The third-order valence-electron chi connectivity index (χ3n) is 1.61. The number of hydrogen-bond acceptors (Lipinski definition) is 5. The van der Waals surface area contributed by atoms with Gasteiger partial charge in [-0.1, -0.05) is 0 Å². The Kier molecular flexibility index (Phi) is 6.74. The zero-order chi connectivity index (χ0) is 11.0. The lowest BCUT2D eigenvalue weighted by Gasteiger charge is -2.12. The van der Waals surface area contributed by atoms with Crippen LogP contribution in [0.25, 0.3) is 0 Å². The molecule has 0 saturated carbocycles. The number of aliphatic hydroxyl groups excluding tert-OH is 1. The zero-order valence-electron chi connectivity index (χ0n) is 8.49. The lowest BCUT2D eigenvalue weighted by molar-refractivity contribution is -0.152. The first kappa shape index (κ1) is 12.9. The molecule has 0 fully saturated rings. The van der Waals surface area contributed by atoms with E-state index in [1.54, 1.807) is 6.92 Å². The van der Waals surface area contributed by atoms with Crippen LogP contribution in [0.2, 0.25) is 0 Å². The van der Waals surface area contributed by atoms with Gasteiger partial charge in [0.2, 0.25) is 0 Å². The van der Waals surface area contributed by atoms with E-state index in [1.165, 1.54) is 6.92 Å². The molecule has 0 amide bonds. The van der Waals surface area contributed by atoms with Crippen LogP contribution in [0, 0.1) is 5.92 Å². The molecule has 0 aromatic heterocycles. The minimum Gasteiger partial charge on any atom is -0.466 e. The Labute approximate surface area is 83.0 Å². The normalized spacial score (nSPS) is 11.9. The van der Waals surface area contributed by atoms with Gasteiger partial charge in [-0.25, -0.2) is 0 Å². The van der Waals surface area contributed by atoms with E-state index in [9.17, 15) is 9.59 Å². The number of aliphatic hydroxyl groups is 1. The lowest BCUT2D eigenvalue weighted by atomic mass is 10.1. The van der Waals surface area contributed by atoms with Gasteiger partial charge in [0.15, 0.2) is 0 Å². The van der Waals surface area contributed by atoms with Gasteiger partial charge in [-0.05, 0) is 13.3 Å². The molecule has 0 aromatic carbocycles. The topological polar surface area (TPSA) is 72.8 Å². The van der Waals surface area contributed by atoms with Crippen LogP contribution in [0.3, 0.4) is 0 Å². The van der Waals surface area contributed by atoms with Crippen LogP contribution in [0.15, 0.2) is 0 Å². The van der Waals surface area contributed by atoms with Crippen molar-refractivity contribution in [2.24, 2.45) is 5.92 Å². The Morgan fingerprint density at radius 2 is 2.00 bits per heavy atom. The van der Waals surface area contributed by atoms with Gasteiger partial charge in [0.05, 0.1) is 25.7 Å². The highest BCUT2D eigenvalue weighted by Crippen LogP contribution is 2.05. The number of carbonyl (C=O) groups excluding carboxylic acids is 2. The third kappa shape index (κ3) is 5.53. The summed E-state index contributed by atoms with van der Waals surface area (Å²) < 4.78 is 9.36. The highest BCUT2D eigenvalue weighted by Gasteiger charge is 2.18. The molecule has 0 aliphatic carbocycles. The van der Waals surface area contributed by atoms with E-state index >= 15 is 0 Å². The third-order valence-corrected chi connectivity index (χ3v) is 1.61. The van der Waals surface area contributed by atoms with E-state index in [-0.39, 0.29) is 26.2 Å². The van der Waals surface area contributed by atoms with Crippen molar-refractivity contribution in [2.45, 2.75) is 20.3 Å². The van der Waals surface area contributed by atoms with Crippen LogP contribution in [0.4, 0.5) is 0 Å². The summed E-state index contributed by atoms with van der Waals surface area (Å²) in [6.07, 6.45) is 0.287. The van der Waals surface area contributed by atoms with Crippen LogP contribution in [-0.2, 0) is 19.1 Å². The average molecular weight is 204 g/mol. The molecule has 0 rings (SSSR count). The molecule has 0 aliphatic rings. The van der Waals surface area contributed by atoms with E-state index in [0.29, 0.717) is 0 Å². The van der Waals surface area contributed by atoms with Gasteiger partial charge in [0, 0.05) is 6.92 Å². The highest BCUT2D eigenvalue weighted by atomic mass is 16.5. The van der Waals surface area contributed by atoms with Crippen LogP contribution in [0.1, 0.15) is 20.3 Å². The SMILES string of the molecule is CCOC(=O)C(CO)CCOC(C)=O. The average Bonchev–Trinajstić information content (AvgIpc) is 2.12. The van der Waals surface area contributed by atoms with E-state index < -0.39 is 17.9 Å². The first-order valence-electron chi connectivity index (χ1n) is 4.52. The molecular formula is C9H16O5. The Bertz CT molecular complexity index is 190. The molecule has 5 heteroatoms. The van der Waals surface area contributed by atoms with Crippen molar-refractivity contribution >= 4 is 11.9 Å². The fourth-order valence-electron chi connectivity index (χ4n) is 0.889. The lowest BCUT2D eigenvalue weighted by Crippen LogP contribution is -2.23. The number of rotatable bonds is 6. The second-order valence-electron chi connectivity index (χ2n) is 2.76. The summed E-state index contributed by atoms with van der Waals surface area (Å²) in [7, 11) is 0. The number of esters is 2. The Hall–Kier alpha value is -1.10. The Morgan fingerprint density at radius 1 is 1.36 bits per heavy atom. The minimum absolute atomic E-state index is 0.124. The molecule has 0 bridgehead atoms. The quantitative estimate of drug-likeness (QED) is 0.622. The first-order chi connectivity index (χ1) is 6.61. The Balaban J connectivity index is 3.78. The summed E-state index contributed by atoms with van der Waals surface area (Å²) in [5.41, 5.74) is 0. The van der Waals surface area contributed by atoms with E-state index in [4.69, 9.17) is 9.84 Å². The van der Waals surface area contributed by atoms with Gasteiger partial charge in [-0.2, -0.15) is 0 Å². The molecular weight excluding hydrogens is 188 g/mol. The van der Waals surface area contributed by atoms with Gasteiger partial charge in [0.1, 0.15) is 0 Å². The maximum absolute atomic E-state index is 11.1. The number of ether oxygens (including phenoxy) is 2. The van der Waals surface area contributed by atoms with Gasteiger partial charge in [-0.3, -0.25) is 9.59 Å². The van der Waals surface area contributed by atoms with E-state index in [2.05, 4.69) is 4.74 Å². The maximum atomic E-state index is 11.1. The molecule has 1 unspecified atom stereocenters. The molecule has 5 nitrogen and oxygen atoms in total.